The van der Waals surface area contributed by atoms with E-state index in [0.717, 1.165) is 0 Å². The lowest BCUT2D eigenvalue weighted by atomic mass is 10.2. The van der Waals surface area contributed by atoms with Crippen LogP contribution in [-0.2, 0) is 0 Å². The molecule has 5 heteroatoms. The molecule has 0 aromatic heterocycles. The highest BCUT2D eigenvalue weighted by Gasteiger charge is 2.29. The van der Waals surface area contributed by atoms with Gasteiger partial charge in [-0.25, -0.2) is 8.78 Å². The number of rotatable bonds is 5. The van der Waals surface area contributed by atoms with E-state index in [2.05, 4.69) is 10.2 Å². The number of halogens is 2. The summed E-state index contributed by atoms with van der Waals surface area (Å²) in [6.45, 7) is 2.58. The molecule has 1 aliphatic carbocycles. The first kappa shape index (κ1) is 13.8. The zero-order valence-corrected chi connectivity index (χ0v) is 11.1. The summed E-state index contributed by atoms with van der Waals surface area (Å²) >= 11 is 0. The van der Waals surface area contributed by atoms with Gasteiger partial charge in [-0.1, -0.05) is 0 Å². The summed E-state index contributed by atoms with van der Waals surface area (Å²) in [5.41, 5.74) is -0.168. The predicted octanol–water partition coefficient (Wildman–Crippen LogP) is 2.73. The molecule has 0 saturated heterocycles. The third-order valence-corrected chi connectivity index (χ3v) is 3.61. The lowest BCUT2D eigenvalue weighted by Crippen LogP contribution is -2.36. The molecule has 0 spiro atoms. The standard InChI is InChI=1S/C14H17F2N3/c1-9(19(2)11-4-5-11)8-18-12-6-3-10(7-17)13(15)14(12)16/h3,6,9,11,18H,4-5,8H2,1-2H3. The van der Waals surface area contributed by atoms with E-state index in [0.29, 0.717) is 12.6 Å². The largest absolute Gasteiger partial charge is 0.381 e. The van der Waals surface area contributed by atoms with Crippen LogP contribution in [-0.4, -0.2) is 30.6 Å². The highest BCUT2D eigenvalue weighted by Crippen LogP contribution is 2.27. The normalized spacial score (nSPS) is 16.2. The predicted molar refractivity (Wildman–Crippen MR) is 69.8 cm³/mol. The smallest absolute Gasteiger partial charge is 0.183 e. The molecule has 19 heavy (non-hydrogen) atoms. The third-order valence-electron chi connectivity index (χ3n) is 3.61. The molecule has 1 fully saturated rings. The molecular weight excluding hydrogens is 248 g/mol. The van der Waals surface area contributed by atoms with Gasteiger partial charge >= 0.3 is 0 Å². The molecule has 102 valence electrons. The van der Waals surface area contributed by atoms with Gasteiger partial charge in [0, 0.05) is 18.6 Å². The van der Waals surface area contributed by atoms with Crippen molar-refractivity contribution in [3.8, 4) is 6.07 Å². The minimum atomic E-state index is -1.09. The number of nitrogens with zero attached hydrogens (tertiary/aromatic N) is 2. The van der Waals surface area contributed by atoms with Crippen LogP contribution >= 0.6 is 0 Å². The van der Waals surface area contributed by atoms with Crippen molar-refractivity contribution in [1.82, 2.24) is 4.90 Å². The van der Waals surface area contributed by atoms with Crippen molar-refractivity contribution in [2.24, 2.45) is 0 Å². The van der Waals surface area contributed by atoms with Gasteiger partial charge in [0.25, 0.3) is 0 Å². The van der Waals surface area contributed by atoms with Gasteiger partial charge in [-0.05, 0) is 38.9 Å². The van der Waals surface area contributed by atoms with Gasteiger partial charge < -0.3 is 5.32 Å². The molecule has 1 N–H and O–H groups in total. The molecule has 1 aromatic rings. The van der Waals surface area contributed by atoms with Gasteiger partial charge in [-0.15, -0.1) is 0 Å². The zero-order chi connectivity index (χ0) is 14.0. The molecule has 0 heterocycles. The minimum Gasteiger partial charge on any atom is -0.381 e. The lowest BCUT2D eigenvalue weighted by Gasteiger charge is -2.25. The monoisotopic (exact) mass is 265 g/mol. The van der Waals surface area contributed by atoms with E-state index in [1.807, 2.05) is 14.0 Å². The molecule has 1 aromatic carbocycles. The van der Waals surface area contributed by atoms with Crippen molar-refractivity contribution in [3.63, 3.8) is 0 Å². The lowest BCUT2D eigenvalue weighted by molar-refractivity contribution is 0.257. The molecule has 2 rings (SSSR count). The summed E-state index contributed by atoms with van der Waals surface area (Å²) in [6, 6.07) is 5.18. The molecule has 1 saturated carbocycles. The number of hydrogen-bond acceptors (Lipinski definition) is 3. The topological polar surface area (TPSA) is 39.1 Å². The fraction of sp³-hybridized carbons (Fsp3) is 0.500. The maximum absolute atomic E-state index is 13.7. The van der Waals surface area contributed by atoms with Gasteiger partial charge in [-0.2, -0.15) is 5.26 Å². The van der Waals surface area contributed by atoms with E-state index in [9.17, 15) is 8.78 Å². The van der Waals surface area contributed by atoms with E-state index in [4.69, 9.17) is 5.26 Å². The van der Waals surface area contributed by atoms with Crippen molar-refractivity contribution in [3.05, 3.63) is 29.3 Å². The molecule has 0 radical (unpaired) electrons. The fourth-order valence-corrected chi connectivity index (χ4v) is 2.02. The average Bonchev–Trinajstić information content (AvgIpc) is 3.23. The Morgan fingerprint density at radius 2 is 2.11 bits per heavy atom. The van der Waals surface area contributed by atoms with Gasteiger partial charge in [0.05, 0.1) is 11.3 Å². The van der Waals surface area contributed by atoms with Crippen LogP contribution in [0.25, 0.3) is 0 Å². The van der Waals surface area contributed by atoms with E-state index in [1.54, 1.807) is 6.07 Å². The molecule has 0 amide bonds. The number of benzene rings is 1. The van der Waals surface area contributed by atoms with Gasteiger partial charge in [-0.3, -0.25) is 4.90 Å². The Hall–Kier alpha value is -1.67. The Bertz CT molecular complexity index is 506. The summed E-state index contributed by atoms with van der Waals surface area (Å²) in [5.74, 6) is -2.07. The van der Waals surface area contributed by atoms with Crippen molar-refractivity contribution < 1.29 is 8.78 Å². The number of hydrogen-bond donors (Lipinski definition) is 1. The second-order valence-corrected chi connectivity index (χ2v) is 5.03. The first-order chi connectivity index (χ1) is 9.04. The van der Waals surface area contributed by atoms with E-state index in [-0.39, 0.29) is 17.3 Å². The number of nitriles is 1. The van der Waals surface area contributed by atoms with Gasteiger partial charge in [0.15, 0.2) is 11.6 Å². The van der Waals surface area contributed by atoms with E-state index in [1.165, 1.54) is 25.0 Å². The maximum Gasteiger partial charge on any atom is 0.183 e. The van der Waals surface area contributed by atoms with Crippen LogP contribution in [0.2, 0.25) is 0 Å². The minimum absolute atomic E-state index is 0.104. The zero-order valence-electron chi connectivity index (χ0n) is 11.1. The van der Waals surface area contributed by atoms with Crippen molar-refractivity contribution >= 4 is 5.69 Å². The van der Waals surface area contributed by atoms with Crippen molar-refractivity contribution in [2.45, 2.75) is 31.8 Å². The molecule has 1 unspecified atom stereocenters. The first-order valence-electron chi connectivity index (χ1n) is 6.38. The van der Waals surface area contributed by atoms with Crippen LogP contribution in [0.4, 0.5) is 14.5 Å². The Morgan fingerprint density at radius 3 is 2.68 bits per heavy atom. The second kappa shape index (κ2) is 5.54. The Kier molecular flexibility index (Phi) is 4.01. The van der Waals surface area contributed by atoms with E-state index < -0.39 is 11.6 Å². The van der Waals surface area contributed by atoms with Crippen LogP contribution < -0.4 is 5.32 Å². The Balaban J connectivity index is 1.99. The molecule has 3 nitrogen and oxygen atoms in total. The summed E-state index contributed by atoms with van der Waals surface area (Å²) in [7, 11) is 2.04. The van der Waals surface area contributed by atoms with Crippen LogP contribution in [0.15, 0.2) is 12.1 Å². The maximum atomic E-state index is 13.7. The summed E-state index contributed by atoms with van der Waals surface area (Å²) in [6.07, 6.45) is 2.42. The van der Waals surface area contributed by atoms with E-state index >= 15 is 0 Å². The Morgan fingerprint density at radius 1 is 1.42 bits per heavy atom. The average molecular weight is 265 g/mol. The second-order valence-electron chi connectivity index (χ2n) is 5.03. The van der Waals surface area contributed by atoms with Crippen LogP contribution in [0.3, 0.4) is 0 Å². The summed E-state index contributed by atoms with van der Waals surface area (Å²) < 4.78 is 27.1. The summed E-state index contributed by atoms with van der Waals surface area (Å²) in [5, 5.41) is 11.5. The molecule has 1 aliphatic rings. The Labute approximate surface area is 111 Å². The first-order valence-corrected chi connectivity index (χ1v) is 6.38. The number of likely N-dealkylation sites (N-methyl/N-ethyl adjacent to an activating group) is 1. The quantitative estimate of drug-likeness (QED) is 0.889. The van der Waals surface area contributed by atoms with Crippen molar-refractivity contribution in [2.75, 3.05) is 18.9 Å². The van der Waals surface area contributed by atoms with Gasteiger partial charge in [0.2, 0.25) is 0 Å². The summed E-state index contributed by atoms with van der Waals surface area (Å²) in [4.78, 5) is 2.24. The fourth-order valence-electron chi connectivity index (χ4n) is 2.02. The highest BCUT2D eigenvalue weighted by molar-refractivity contribution is 5.49. The molecule has 0 aliphatic heterocycles. The van der Waals surface area contributed by atoms with Crippen LogP contribution in [0.1, 0.15) is 25.3 Å². The molecular formula is C14H17F2N3. The van der Waals surface area contributed by atoms with Gasteiger partial charge in [0.1, 0.15) is 6.07 Å². The SMILES string of the molecule is CC(CNc1ccc(C#N)c(F)c1F)N(C)C1CC1. The van der Waals surface area contributed by atoms with Crippen LogP contribution in [0.5, 0.6) is 0 Å². The molecule has 0 bridgehead atoms. The van der Waals surface area contributed by atoms with Crippen molar-refractivity contribution in [1.29, 1.82) is 5.26 Å². The number of anilines is 1. The molecule has 1 atom stereocenters. The van der Waals surface area contributed by atoms with Crippen LogP contribution in [0, 0.1) is 23.0 Å². The highest BCUT2D eigenvalue weighted by atomic mass is 19.2. The third kappa shape index (κ3) is 3.02. The number of nitrogens with one attached hydrogen (secondary N) is 1.